The van der Waals surface area contributed by atoms with Crippen LogP contribution in [0, 0.1) is 0 Å². The Kier molecular flexibility index (Phi) is 3.94. The monoisotopic (exact) mass is 349 g/mol. The molecular formula is C18H17N6O2+. The molecule has 3 heterocycles. The Morgan fingerprint density at radius 2 is 1.96 bits per heavy atom. The fourth-order valence-electron chi connectivity index (χ4n) is 2.81. The average Bonchev–Trinajstić information content (AvgIpc) is 3.07. The Morgan fingerprint density at radius 1 is 1.08 bits per heavy atom. The van der Waals surface area contributed by atoms with Crippen LogP contribution in [0.25, 0.3) is 0 Å². The van der Waals surface area contributed by atoms with E-state index in [1.165, 1.54) is 0 Å². The number of quaternary nitrogens is 1. The maximum atomic E-state index is 5.34. The van der Waals surface area contributed by atoms with E-state index >= 15 is 0 Å². The molecule has 1 atom stereocenters. The topological polar surface area (TPSA) is 80.5 Å². The van der Waals surface area contributed by atoms with Gasteiger partial charge in [0, 0.05) is 24.0 Å². The van der Waals surface area contributed by atoms with E-state index in [1.54, 1.807) is 39.0 Å². The van der Waals surface area contributed by atoms with E-state index in [4.69, 9.17) is 14.6 Å². The van der Waals surface area contributed by atoms with Gasteiger partial charge in [-0.1, -0.05) is 4.59 Å². The van der Waals surface area contributed by atoms with Gasteiger partial charge in [-0.2, -0.15) is 4.99 Å². The lowest BCUT2D eigenvalue weighted by Crippen LogP contribution is -2.44. The highest BCUT2D eigenvalue weighted by molar-refractivity contribution is 6.38. The molecule has 0 radical (unpaired) electrons. The molecular weight excluding hydrogens is 332 g/mol. The van der Waals surface area contributed by atoms with Crippen molar-refractivity contribution in [1.29, 1.82) is 0 Å². The van der Waals surface area contributed by atoms with Crippen LogP contribution in [0.3, 0.4) is 0 Å². The van der Waals surface area contributed by atoms with Crippen LogP contribution in [-0.2, 0) is 0 Å². The Morgan fingerprint density at radius 3 is 2.73 bits per heavy atom. The zero-order valence-electron chi connectivity index (χ0n) is 14.3. The first-order chi connectivity index (χ1) is 12.7. The molecule has 0 saturated heterocycles. The molecule has 2 aliphatic rings. The van der Waals surface area contributed by atoms with E-state index in [9.17, 15) is 0 Å². The zero-order valence-corrected chi connectivity index (χ0v) is 14.3. The van der Waals surface area contributed by atoms with E-state index in [0.29, 0.717) is 23.3 Å². The van der Waals surface area contributed by atoms with Gasteiger partial charge in [0.25, 0.3) is 11.8 Å². The molecule has 2 aromatic rings. The Hall–Kier alpha value is -3.52. The number of guanidine groups is 1. The summed E-state index contributed by atoms with van der Waals surface area (Å²) in [4.78, 5) is 12.9. The fraction of sp³-hybridized carbons (Fsp3) is 0.111. The first-order valence-corrected chi connectivity index (χ1v) is 7.94. The van der Waals surface area contributed by atoms with Gasteiger partial charge in [0.15, 0.2) is 23.4 Å². The molecule has 1 unspecified atom stereocenters. The minimum atomic E-state index is 0.0902. The summed E-state index contributed by atoms with van der Waals surface area (Å²) in [6.45, 7) is 0. The second-order valence-electron chi connectivity index (χ2n) is 5.56. The van der Waals surface area contributed by atoms with Gasteiger partial charge in [-0.25, -0.2) is 0 Å². The number of hydrogen-bond acceptors (Lipinski definition) is 7. The van der Waals surface area contributed by atoms with Crippen molar-refractivity contribution in [2.45, 2.75) is 0 Å². The summed E-state index contributed by atoms with van der Waals surface area (Å²) in [5.74, 6) is 2.43. The standard InChI is InChI=1S/C18H17N6O2/c1-25-15-6-5-13(10-16(15)26-2)21-18-22-17-12-20-8-9-24(17,23-18)14-4-3-7-19-11-14/h3-12H,1-2H3,(H,21,23)/q+1. The molecule has 1 aromatic carbocycles. The number of aromatic nitrogens is 1. The van der Waals surface area contributed by atoms with E-state index in [2.05, 4.69) is 20.3 Å². The minimum absolute atomic E-state index is 0.0902. The predicted molar refractivity (Wildman–Crippen MR) is 102 cm³/mol. The lowest BCUT2D eigenvalue weighted by atomic mass is 10.3. The zero-order chi connectivity index (χ0) is 18.0. The number of benzene rings is 1. The number of methoxy groups -OCH3 is 2. The van der Waals surface area contributed by atoms with Crippen molar-refractivity contribution in [1.82, 2.24) is 9.58 Å². The van der Waals surface area contributed by atoms with Crippen molar-refractivity contribution >= 4 is 29.4 Å². The number of rotatable bonds is 4. The summed E-state index contributed by atoms with van der Waals surface area (Å²) >= 11 is 0. The number of anilines is 1. The molecule has 0 aliphatic carbocycles. The molecule has 1 aromatic heterocycles. The number of ether oxygens (including phenoxy) is 2. The summed E-state index contributed by atoms with van der Waals surface area (Å²) in [7, 11) is 3.20. The third-order valence-electron chi connectivity index (χ3n) is 4.06. The van der Waals surface area contributed by atoms with Gasteiger partial charge in [0.2, 0.25) is 0 Å². The van der Waals surface area contributed by atoms with Gasteiger partial charge in [0.05, 0.1) is 26.6 Å². The highest BCUT2D eigenvalue weighted by atomic mass is 16.5. The van der Waals surface area contributed by atoms with Crippen LogP contribution >= 0.6 is 0 Å². The van der Waals surface area contributed by atoms with Crippen molar-refractivity contribution in [2.24, 2.45) is 15.1 Å². The van der Waals surface area contributed by atoms with E-state index in [0.717, 1.165) is 11.4 Å². The largest absolute Gasteiger partial charge is 0.493 e. The molecule has 0 fully saturated rings. The summed E-state index contributed by atoms with van der Waals surface area (Å²) in [6.07, 6.45) is 8.75. The lowest BCUT2D eigenvalue weighted by molar-refractivity contribution is 0.355. The molecule has 130 valence electrons. The number of hydrogen-bond donors (Lipinski definition) is 1. The molecule has 26 heavy (non-hydrogen) atoms. The quantitative estimate of drug-likeness (QED) is 0.861. The van der Waals surface area contributed by atoms with Gasteiger partial charge in [-0.15, -0.1) is 0 Å². The number of pyridine rings is 1. The average molecular weight is 349 g/mol. The molecule has 2 aliphatic heterocycles. The van der Waals surface area contributed by atoms with Gasteiger partial charge in [-0.05, 0) is 23.3 Å². The molecule has 8 heteroatoms. The van der Waals surface area contributed by atoms with E-state index in [1.807, 2.05) is 36.5 Å². The van der Waals surface area contributed by atoms with Crippen LogP contribution in [0.5, 0.6) is 11.5 Å². The minimum Gasteiger partial charge on any atom is -0.493 e. The van der Waals surface area contributed by atoms with Crippen LogP contribution in [-0.4, -0.2) is 37.2 Å². The summed E-state index contributed by atoms with van der Waals surface area (Å²) in [5.41, 5.74) is 1.66. The fourth-order valence-corrected chi connectivity index (χ4v) is 2.81. The first-order valence-electron chi connectivity index (χ1n) is 7.94. The van der Waals surface area contributed by atoms with Gasteiger partial charge >= 0.3 is 0 Å². The highest BCUT2D eigenvalue weighted by Gasteiger charge is 2.42. The third kappa shape index (κ3) is 2.62. The van der Waals surface area contributed by atoms with Crippen molar-refractivity contribution in [3.63, 3.8) is 0 Å². The predicted octanol–water partition coefficient (Wildman–Crippen LogP) is 2.76. The van der Waals surface area contributed by atoms with Crippen molar-refractivity contribution in [2.75, 3.05) is 19.5 Å². The Labute approximate surface area is 150 Å². The summed E-state index contributed by atoms with van der Waals surface area (Å²) in [6, 6.07) is 9.35. The lowest BCUT2D eigenvalue weighted by Gasteiger charge is -2.23. The smallest absolute Gasteiger partial charge is 0.287 e. The Bertz CT molecular complexity index is 951. The number of aliphatic imine (C=N–C) groups is 2. The van der Waals surface area contributed by atoms with E-state index < -0.39 is 0 Å². The Balaban J connectivity index is 1.69. The van der Waals surface area contributed by atoms with Crippen molar-refractivity contribution in [3.8, 4) is 11.5 Å². The SMILES string of the molecule is COc1ccc(NC2=N[N+]3(c4cccnc4)C=CN=CC3=N2)cc1OC. The van der Waals surface area contributed by atoms with Gasteiger partial charge < -0.3 is 14.8 Å². The molecule has 8 nitrogen and oxygen atoms in total. The van der Waals surface area contributed by atoms with Crippen molar-refractivity contribution in [3.05, 3.63) is 55.1 Å². The normalized spacial score (nSPS) is 20.2. The van der Waals surface area contributed by atoms with Crippen LogP contribution in [0.15, 0.2) is 70.2 Å². The van der Waals surface area contributed by atoms with Gasteiger partial charge in [0.1, 0.15) is 6.21 Å². The van der Waals surface area contributed by atoms with Gasteiger partial charge in [-0.3, -0.25) is 9.98 Å². The molecule has 0 bridgehead atoms. The molecule has 0 spiro atoms. The van der Waals surface area contributed by atoms with Crippen LogP contribution < -0.4 is 19.4 Å². The second-order valence-corrected chi connectivity index (χ2v) is 5.56. The molecule has 0 amide bonds. The summed E-state index contributed by atoms with van der Waals surface area (Å²) in [5, 5.41) is 7.97. The van der Waals surface area contributed by atoms with Crippen LogP contribution in [0.2, 0.25) is 0 Å². The van der Waals surface area contributed by atoms with Crippen molar-refractivity contribution < 1.29 is 9.47 Å². The molecule has 0 saturated carbocycles. The number of nitrogens with one attached hydrogen (secondary N) is 1. The number of fused-ring (bicyclic) bond motifs is 1. The first kappa shape index (κ1) is 16.0. The van der Waals surface area contributed by atoms with Crippen LogP contribution in [0.1, 0.15) is 0 Å². The maximum absolute atomic E-state index is 5.34. The molecule has 1 N–H and O–H groups in total. The van der Waals surface area contributed by atoms with E-state index in [-0.39, 0.29) is 4.59 Å². The number of nitrogens with zero attached hydrogens (tertiary/aromatic N) is 5. The van der Waals surface area contributed by atoms with Crippen LogP contribution in [0.4, 0.5) is 11.4 Å². The third-order valence-corrected chi connectivity index (χ3v) is 4.06. The molecule has 4 rings (SSSR count). The highest BCUT2D eigenvalue weighted by Crippen LogP contribution is 2.32. The second kappa shape index (κ2) is 6.41. The number of amidine groups is 1. The maximum Gasteiger partial charge on any atom is 0.287 e. The summed E-state index contributed by atoms with van der Waals surface area (Å²) < 4.78 is 10.7.